The van der Waals surface area contributed by atoms with E-state index >= 15 is 0 Å². The van der Waals surface area contributed by atoms with Crippen molar-refractivity contribution in [2.45, 2.75) is 43.5 Å². The van der Waals surface area contributed by atoms with Gasteiger partial charge in [0.25, 0.3) is 0 Å². The normalized spacial score (nSPS) is 26.7. The van der Waals surface area contributed by atoms with Gasteiger partial charge in [-0.15, -0.1) is 5.10 Å². The molecule has 0 amide bonds. The maximum Gasteiger partial charge on any atom is 0.244 e. The number of aliphatic hydroxyl groups excluding tert-OH is 4. The van der Waals surface area contributed by atoms with Crippen molar-refractivity contribution < 1.29 is 35.0 Å². The lowest BCUT2D eigenvalue weighted by atomic mass is 9.99. The Balaban J connectivity index is 1.57. The number of hydrogen-bond acceptors (Lipinski definition) is 9. The highest BCUT2D eigenvalue weighted by Crippen LogP contribution is 2.30. The molecule has 1 unspecified atom stereocenters. The molecular formula is C20H23N3O7. The van der Waals surface area contributed by atoms with Crippen LogP contribution in [-0.4, -0.2) is 78.0 Å². The second-order valence-electron chi connectivity index (χ2n) is 7.20. The lowest BCUT2D eigenvalue weighted by Crippen LogP contribution is -2.60. The lowest BCUT2D eigenvalue weighted by Gasteiger charge is -2.39. The fourth-order valence-corrected chi connectivity index (χ4v) is 3.49. The molecule has 10 nitrogen and oxygen atoms in total. The highest BCUT2D eigenvalue weighted by Gasteiger charge is 2.45. The van der Waals surface area contributed by atoms with Crippen molar-refractivity contribution in [3.05, 3.63) is 47.7 Å². The van der Waals surface area contributed by atoms with E-state index in [9.17, 15) is 25.5 Å². The van der Waals surface area contributed by atoms with Crippen LogP contribution < -0.4 is 4.74 Å². The van der Waals surface area contributed by atoms with Gasteiger partial charge in [0.15, 0.2) is 5.65 Å². The Morgan fingerprint density at radius 2 is 1.77 bits per heavy atom. The molecule has 2 aromatic heterocycles. The summed E-state index contributed by atoms with van der Waals surface area (Å²) in [5.41, 5.74) is 2.41. The molecule has 4 rings (SSSR count). The van der Waals surface area contributed by atoms with Crippen molar-refractivity contribution in [2.24, 2.45) is 0 Å². The minimum Gasteiger partial charge on any atom is -0.508 e. The maximum atomic E-state index is 10.2. The van der Waals surface area contributed by atoms with Gasteiger partial charge in [-0.05, 0) is 42.2 Å². The van der Waals surface area contributed by atoms with Crippen molar-refractivity contribution in [1.29, 1.82) is 0 Å². The highest BCUT2D eigenvalue weighted by atomic mass is 16.7. The number of ether oxygens (including phenoxy) is 2. The van der Waals surface area contributed by atoms with E-state index in [1.54, 1.807) is 18.3 Å². The number of benzene rings is 1. The van der Waals surface area contributed by atoms with Gasteiger partial charge in [0.05, 0.1) is 12.0 Å². The van der Waals surface area contributed by atoms with Crippen LogP contribution in [0.3, 0.4) is 0 Å². The molecule has 30 heavy (non-hydrogen) atoms. The first kappa shape index (κ1) is 20.5. The molecule has 6 N–H and O–H groups in total. The molecule has 0 radical (unpaired) electrons. The van der Waals surface area contributed by atoms with E-state index in [0.29, 0.717) is 23.9 Å². The summed E-state index contributed by atoms with van der Waals surface area (Å²) >= 11 is 0. The molecule has 1 aliphatic heterocycles. The largest absolute Gasteiger partial charge is 0.508 e. The monoisotopic (exact) mass is 417 g/mol. The molecule has 1 fully saturated rings. The molecule has 3 heterocycles. The first-order chi connectivity index (χ1) is 14.5. The topological polar surface area (TPSA) is 161 Å². The number of aromatic amines is 1. The minimum absolute atomic E-state index is 0.128. The molecule has 0 bridgehead atoms. The van der Waals surface area contributed by atoms with E-state index in [4.69, 9.17) is 9.47 Å². The third kappa shape index (κ3) is 3.95. The average molecular weight is 417 g/mol. The Hall–Kier alpha value is -2.76. The van der Waals surface area contributed by atoms with Crippen LogP contribution in [0.25, 0.3) is 11.0 Å². The summed E-state index contributed by atoms with van der Waals surface area (Å²) in [5.74, 6) is 0.332. The predicted molar refractivity (Wildman–Crippen MR) is 104 cm³/mol. The van der Waals surface area contributed by atoms with Gasteiger partial charge in [-0.3, -0.25) is 5.10 Å². The summed E-state index contributed by atoms with van der Waals surface area (Å²) in [4.78, 5) is 4.24. The number of aliphatic hydroxyl groups is 4. The van der Waals surface area contributed by atoms with Gasteiger partial charge in [-0.2, -0.15) is 0 Å². The molecule has 160 valence electrons. The number of fused-ring (bicyclic) bond motifs is 1. The molecular weight excluding hydrogens is 394 g/mol. The summed E-state index contributed by atoms with van der Waals surface area (Å²) in [6, 6.07) is 8.77. The van der Waals surface area contributed by atoms with Gasteiger partial charge in [0.1, 0.15) is 30.2 Å². The number of rotatable bonds is 6. The average Bonchev–Trinajstić information content (AvgIpc) is 3.17. The van der Waals surface area contributed by atoms with Gasteiger partial charge in [-0.25, -0.2) is 4.98 Å². The standard InChI is InChI=1S/C20H23N3O7/c24-9-13-15(26)16(27)17(28)20(29-13)30-19-14-11(7-8-21-18(14)22-23-19)4-1-10-2-5-12(25)6-3-10/h2-3,5-8,13,15-17,20,24-28H,1,4,9H2,(H,21,22,23)/t13-,15-,16+,17-,20?/m1/s1. The molecule has 1 aliphatic rings. The first-order valence-electron chi connectivity index (χ1n) is 9.55. The number of aromatic hydroxyl groups is 1. The van der Waals surface area contributed by atoms with Crippen molar-refractivity contribution in [1.82, 2.24) is 15.2 Å². The maximum absolute atomic E-state index is 10.2. The zero-order valence-corrected chi connectivity index (χ0v) is 15.9. The van der Waals surface area contributed by atoms with E-state index in [-0.39, 0.29) is 11.6 Å². The predicted octanol–water partition coefficient (Wildman–Crippen LogP) is -0.373. The Morgan fingerprint density at radius 3 is 2.50 bits per heavy atom. The van der Waals surface area contributed by atoms with Crippen LogP contribution in [-0.2, 0) is 17.6 Å². The SMILES string of the molecule is OC[C@H]1OC(Oc2n[nH]c3nccc(CCc4ccc(O)cc4)c23)[C@H](O)[C@@H](O)[C@@H]1O. The van der Waals surface area contributed by atoms with Crippen LogP contribution in [0, 0.1) is 0 Å². The van der Waals surface area contributed by atoms with Crippen LogP contribution >= 0.6 is 0 Å². The first-order valence-corrected chi connectivity index (χ1v) is 9.55. The number of hydrogen-bond donors (Lipinski definition) is 6. The second kappa shape index (κ2) is 8.54. The molecule has 1 saturated heterocycles. The zero-order valence-electron chi connectivity index (χ0n) is 15.9. The molecule has 5 atom stereocenters. The summed E-state index contributed by atoms with van der Waals surface area (Å²) in [5, 5.41) is 56.3. The fraction of sp³-hybridized carbons (Fsp3) is 0.400. The third-order valence-electron chi connectivity index (χ3n) is 5.21. The molecule has 0 aliphatic carbocycles. The smallest absolute Gasteiger partial charge is 0.244 e. The molecule has 0 spiro atoms. The Bertz CT molecular complexity index is 992. The zero-order chi connectivity index (χ0) is 21.3. The van der Waals surface area contributed by atoms with Gasteiger partial charge in [-0.1, -0.05) is 12.1 Å². The number of pyridine rings is 1. The Morgan fingerprint density at radius 1 is 1.00 bits per heavy atom. The van der Waals surface area contributed by atoms with E-state index in [1.807, 2.05) is 18.2 Å². The molecule has 3 aromatic rings. The second-order valence-corrected chi connectivity index (χ2v) is 7.20. The van der Waals surface area contributed by atoms with E-state index in [1.165, 1.54) is 0 Å². The summed E-state index contributed by atoms with van der Waals surface area (Å²) in [6.45, 7) is -0.550. The summed E-state index contributed by atoms with van der Waals surface area (Å²) < 4.78 is 11.1. The van der Waals surface area contributed by atoms with Crippen molar-refractivity contribution in [3.8, 4) is 11.6 Å². The van der Waals surface area contributed by atoms with Crippen LogP contribution in [0.2, 0.25) is 0 Å². The minimum atomic E-state index is -1.54. The van der Waals surface area contributed by atoms with Crippen LogP contribution in [0.1, 0.15) is 11.1 Å². The van der Waals surface area contributed by atoms with E-state index in [2.05, 4.69) is 15.2 Å². The van der Waals surface area contributed by atoms with E-state index < -0.39 is 37.3 Å². The molecule has 0 saturated carbocycles. The number of phenolic OH excluding ortho intramolecular Hbond substituents is 1. The van der Waals surface area contributed by atoms with Crippen LogP contribution in [0.5, 0.6) is 11.6 Å². The van der Waals surface area contributed by atoms with E-state index in [0.717, 1.165) is 11.1 Å². The number of nitrogens with one attached hydrogen (secondary N) is 1. The summed E-state index contributed by atoms with van der Waals surface area (Å²) in [7, 11) is 0. The number of aromatic nitrogens is 3. The fourth-order valence-electron chi connectivity index (χ4n) is 3.49. The quantitative estimate of drug-likeness (QED) is 0.314. The third-order valence-corrected chi connectivity index (χ3v) is 5.21. The number of aryl methyl sites for hydroxylation is 2. The van der Waals surface area contributed by atoms with Crippen molar-refractivity contribution >= 4 is 11.0 Å². The Kier molecular flexibility index (Phi) is 5.84. The van der Waals surface area contributed by atoms with Gasteiger partial charge in [0.2, 0.25) is 12.2 Å². The van der Waals surface area contributed by atoms with Crippen molar-refractivity contribution in [3.63, 3.8) is 0 Å². The van der Waals surface area contributed by atoms with Gasteiger partial charge < -0.3 is 35.0 Å². The highest BCUT2D eigenvalue weighted by molar-refractivity contribution is 5.84. The molecule has 1 aromatic carbocycles. The van der Waals surface area contributed by atoms with Crippen LogP contribution in [0.4, 0.5) is 0 Å². The lowest BCUT2D eigenvalue weighted by molar-refractivity contribution is -0.277. The molecule has 10 heteroatoms. The Labute approximate surface area is 171 Å². The van der Waals surface area contributed by atoms with Gasteiger partial charge >= 0.3 is 0 Å². The van der Waals surface area contributed by atoms with Crippen molar-refractivity contribution in [2.75, 3.05) is 6.61 Å². The summed E-state index contributed by atoms with van der Waals surface area (Å²) in [6.07, 6.45) is -3.99. The van der Waals surface area contributed by atoms with Crippen LogP contribution in [0.15, 0.2) is 36.5 Å². The number of nitrogens with zero attached hydrogens (tertiary/aromatic N) is 2. The number of H-pyrrole nitrogens is 1. The number of phenols is 1. The van der Waals surface area contributed by atoms with Gasteiger partial charge in [0, 0.05) is 6.20 Å².